The van der Waals surface area contributed by atoms with Crippen LogP contribution in [0, 0.1) is 0 Å². The summed E-state index contributed by atoms with van der Waals surface area (Å²) in [6, 6.07) is 17.2. The van der Waals surface area contributed by atoms with Crippen molar-refractivity contribution in [2.75, 3.05) is 13.7 Å². The van der Waals surface area contributed by atoms with Gasteiger partial charge in [0.15, 0.2) is 0 Å². The molecule has 0 aliphatic carbocycles. The molecule has 7 heteroatoms. The van der Waals surface area contributed by atoms with E-state index in [-0.39, 0.29) is 13.0 Å². The van der Waals surface area contributed by atoms with Crippen LogP contribution in [-0.4, -0.2) is 37.2 Å². The molecule has 1 N–H and O–H groups in total. The van der Waals surface area contributed by atoms with E-state index in [1.165, 1.54) is 7.11 Å². The summed E-state index contributed by atoms with van der Waals surface area (Å²) < 4.78 is 11.5. The SMILES string of the molecule is C=N/C(=C\C=C(/C)CCC(=O)O)OCc1ccc(OC/C(=N\OC)c2ccccc2)cc1. The molecule has 7 nitrogen and oxygen atoms in total. The quantitative estimate of drug-likeness (QED) is 0.207. The normalized spacial score (nSPS) is 12.2. The van der Waals surface area contributed by atoms with Crippen molar-refractivity contribution in [3.05, 3.63) is 89.3 Å². The van der Waals surface area contributed by atoms with Crippen LogP contribution in [0.3, 0.4) is 0 Å². The molecular formula is C25H28N2O5. The van der Waals surface area contributed by atoms with Crippen molar-refractivity contribution in [2.24, 2.45) is 10.1 Å². The second-order valence-electron chi connectivity index (χ2n) is 6.88. The summed E-state index contributed by atoms with van der Waals surface area (Å²) in [6.07, 6.45) is 4.03. The molecule has 2 rings (SSSR count). The molecule has 2 aromatic rings. The van der Waals surface area contributed by atoms with E-state index in [1.807, 2.05) is 61.5 Å². The lowest BCUT2D eigenvalue weighted by atomic mass is 10.1. The number of carboxylic acid groups (broad SMARTS) is 1. The number of allylic oxidation sites excluding steroid dienone is 3. The summed E-state index contributed by atoms with van der Waals surface area (Å²) in [5, 5.41) is 12.8. The highest BCUT2D eigenvalue weighted by atomic mass is 16.6. The Hall–Kier alpha value is -3.87. The maximum atomic E-state index is 10.6. The van der Waals surface area contributed by atoms with Gasteiger partial charge in [-0.1, -0.05) is 59.3 Å². The largest absolute Gasteiger partial charge is 0.487 e. The monoisotopic (exact) mass is 436 g/mol. The lowest BCUT2D eigenvalue weighted by Gasteiger charge is -2.10. The third kappa shape index (κ3) is 8.87. The minimum Gasteiger partial charge on any atom is -0.487 e. The van der Waals surface area contributed by atoms with Crippen molar-refractivity contribution in [3.63, 3.8) is 0 Å². The van der Waals surface area contributed by atoms with E-state index in [0.29, 0.717) is 30.4 Å². The molecule has 168 valence electrons. The first-order chi connectivity index (χ1) is 15.5. The first kappa shape index (κ1) is 24.4. The molecule has 32 heavy (non-hydrogen) atoms. The molecule has 0 spiro atoms. The van der Waals surface area contributed by atoms with Gasteiger partial charge < -0.3 is 19.4 Å². The minimum absolute atomic E-state index is 0.0897. The summed E-state index contributed by atoms with van der Waals surface area (Å²) in [6.45, 7) is 5.96. The van der Waals surface area contributed by atoms with Gasteiger partial charge in [0.2, 0.25) is 5.88 Å². The van der Waals surface area contributed by atoms with Crippen LogP contribution >= 0.6 is 0 Å². The molecule has 0 saturated carbocycles. The number of oxime groups is 1. The van der Waals surface area contributed by atoms with Gasteiger partial charge in [-0.05, 0) is 37.8 Å². The highest BCUT2D eigenvalue weighted by molar-refractivity contribution is 6.01. The molecule has 0 bridgehead atoms. The van der Waals surface area contributed by atoms with Gasteiger partial charge in [-0.15, -0.1) is 0 Å². The third-order valence-electron chi connectivity index (χ3n) is 4.39. The van der Waals surface area contributed by atoms with E-state index in [2.05, 4.69) is 16.9 Å². The molecule has 0 aliphatic rings. The molecule has 0 atom stereocenters. The van der Waals surface area contributed by atoms with Crippen LogP contribution in [0.25, 0.3) is 0 Å². The van der Waals surface area contributed by atoms with Crippen LogP contribution in [0.1, 0.15) is 30.9 Å². The highest BCUT2D eigenvalue weighted by Crippen LogP contribution is 2.15. The average molecular weight is 437 g/mol. The first-order valence-corrected chi connectivity index (χ1v) is 10.1. The van der Waals surface area contributed by atoms with Crippen LogP contribution in [-0.2, 0) is 21.0 Å². The highest BCUT2D eigenvalue weighted by Gasteiger charge is 2.06. The summed E-state index contributed by atoms with van der Waals surface area (Å²) in [7, 11) is 1.51. The van der Waals surface area contributed by atoms with Gasteiger partial charge >= 0.3 is 5.97 Å². The molecule has 0 radical (unpaired) electrons. The molecule has 0 unspecified atom stereocenters. The third-order valence-corrected chi connectivity index (χ3v) is 4.39. The molecule has 0 saturated heterocycles. The Bertz CT molecular complexity index is 964. The van der Waals surface area contributed by atoms with E-state index in [1.54, 1.807) is 12.2 Å². The van der Waals surface area contributed by atoms with E-state index in [9.17, 15) is 4.79 Å². The number of ether oxygens (including phenoxy) is 2. The van der Waals surface area contributed by atoms with Crippen LogP contribution in [0.5, 0.6) is 5.75 Å². The second-order valence-corrected chi connectivity index (χ2v) is 6.88. The van der Waals surface area contributed by atoms with Crippen LogP contribution in [0.4, 0.5) is 0 Å². The maximum absolute atomic E-state index is 10.6. The minimum atomic E-state index is -0.824. The zero-order chi connectivity index (χ0) is 23.2. The van der Waals surface area contributed by atoms with Gasteiger partial charge in [-0.2, -0.15) is 0 Å². The zero-order valence-corrected chi connectivity index (χ0v) is 18.4. The fourth-order valence-corrected chi connectivity index (χ4v) is 2.64. The lowest BCUT2D eigenvalue weighted by Crippen LogP contribution is -2.13. The standard InChI is InChI=1S/C25H28N2O5/c1-19(10-16-25(28)29)9-15-24(26-2)32-17-20-11-13-22(14-12-20)31-18-23(27-30-3)21-7-5-4-6-8-21/h4-9,11-15H,2,10,16-18H2,1,3H3,(H,28,29)/b19-9+,24-15+,27-23+. The number of aliphatic carboxylic acids is 1. The number of hydrogen-bond acceptors (Lipinski definition) is 6. The van der Waals surface area contributed by atoms with E-state index < -0.39 is 5.97 Å². The number of nitrogens with zero attached hydrogens (tertiary/aromatic N) is 2. The average Bonchev–Trinajstić information content (AvgIpc) is 2.81. The lowest BCUT2D eigenvalue weighted by molar-refractivity contribution is -0.136. The number of hydrogen-bond donors (Lipinski definition) is 1. The Kier molecular flexibility index (Phi) is 10.2. The predicted octanol–water partition coefficient (Wildman–Crippen LogP) is 4.99. The number of aliphatic imine (C=N–C) groups is 1. The van der Waals surface area contributed by atoms with Gasteiger partial charge in [-0.25, -0.2) is 4.99 Å². The Morgan fingerprint density at radius 1 is 1.06 bits per heavy atom. The topological polar surface area (TPSA) is 89.7 Å². The summed E-state index contributed by atoms with van der Waals surface area (Å²) in [4.78, 5) is 19.4. The van der Waals surface area contributed by atoms with E-state index >= 15 is 0 Å². The van der Waals surface area contributed by atoms with Gasteiger partial charge in [0.1, 0.15) is 31.8 Å². The Labute approximate surface area is 188 Å². The number of rotatable bonds is 13. The number of benzene rings is 2. The zero-order valence-electron chi connectivity index (χ0n) is 18.4. The van der Waals surface area contributed by atoms with Crippen molar-refractivity contribution in [1.82, 2.24) is 0 Å². The first-order valence-electron chi connectivity index (χ1n) is 10.1. The predicted molar refractivity (Wildman–Crippen MR) is 125 cm³/mol. The van der Waals surface area contributed by atoms with E-state index in [0.717, 1.165) is 16.7 Å². The molecule has 0 aliphatic heterocycles. The molecule has 0 fully saturated rings. The second kappa shape index (κ2) is 13.4. The smallest absolute Gasteiger partial charge is 0.303 e. The van der Waals surface area contributed by atoms with Gasteiger partial charge in [0.05, 0.1) is 0 Å². The number of carboxylic acids is 1. The van der Waals surface area contributed by atoms with Crippen molar-refractivity contribution in [2.45, 2.75) is 26.4 Å². The summed E-state index contributed by atoms with van der Waals surface area (Å²) in [5.74, 6) is 0.237. The van der Waals surface area contributed by atoms with Crippen LogP contribution in [0.15, 0.2) is 88.4 Å². The number of carbonyl (C=O) groups is 1. The molecule has 0 amide bonds. The van der Waals surface area contributed by atoms with Crippen LogP contribution in [0.2, 0.25) is 0 Å². The summed E-state index contributed by atoms with van der Waals surface area (Å²) in [5.41, 5.74) is 3.49. The van der Waals surface area contributed by atoms with Crippen molar-refractivity contribution >= 4 is 18.4 Å². The Morgan fingerprint density at radius 2 is 1.78 bits per heavy atom. The molecular weight excluding hydrogens is 408 g/mol. The Balaban J connectivity index is 1.89. The maximum Gasteiger partial charge on any atom is 0.303 e. The van der Waals surface area contributed by atoms with Gasteiger partial charge in [0.25, 0.3) is 0 Å². The van der Waals surface area contributed by atoms with Crippen LogP contribution < -0.4 is 4.74 Å². The summed E-state index contributed by atoms with van der Waals surface area (Å²) >= 11 is 0. The van der Waals surface area contributed by atoms with Crippen molar-refractivity contribution in [1.29, 1.82) is 0 Å². The molecule has 2 aromatic carbocycles. The fourth-order valence-electron chi connectivity index (χ4n) is 2.64. The van der Waals surface area contributed by atoms with Gasteiger partial charge in [-0.3, -0.25) is 4.79 Å². The van der Waals surface area contributed by atoms with E-state index in [4.69, 9.17) is 19.4 Å². The molecule has 0 aromatic heterocycles. The Morgan fingerprint density at radius 3 is 2.41 bits per heavy atom. The molecule has 0 heterocycles. The van der Waals surface area contributed by atoms with Crippen molar-refractivity contribution in [3.8, 4) is 5.75 Å². The fraction of sp³-hybridized carbons (Fsp3) is 0.240. The van der Waals surface area contributed by atoms with Crippen molar-refractivity contribution < 1.29 is 24.2 Å². The van der Waals surface area contributed by atoms with Gasteiger partial charge in [0, 0.05) is 18.1 Å².